The molecular weight excluding hydrogens is 320 g/mol. The maximum atomic E-state index is 11.7. The normalized spacial score (nSPS) is 10.2. The van der Waals surface area contributed by atoms with Crippen LogP contribution in [0.3, 0.4) is 0 Å². The van der Waals surface area contributed by atoms with E-state index in [9.17, 15) is 9.59 Å². The van der Waals surface area contributed by atoms with Gasteiger partial charge < -0.3 is 10.1 Å². The van der Waals surface area contributed by atoms with Gasteiger partial charge in [0.15, 0.2) is 0 Å². The molecule has 2 amide bonds. The predicted octanol–water partition coefficient (Wildman–Crippen LogP) is 1.39. The Kier molecular flexibility index (Phi) is 6.01. The molecule has 2 aromatic heterocycles. The zero-order valence-corrected chi connectivity index (χ0v) is 13.5. The topological polar surface area (TPSA) is 93.6 Å². The first-order chi connectivity index (χ1) is 11.1. The van der Waals surface area contributed by atoms with E-state index in [2.05, 4.69) is 15.3 Å². The predicted molar refractivity (Wildman–Crippen MR) is 82.7 cm³/mol. The van der Waals surface area contributed by atoms with E-state index in [4.69, 9.17) is 9.57 Å². The van der Waals surface area contributed by atoms with Gasteiger partial charge in [-0.25, -0.2) is 14.8 Å². The number of likely N-dealkylation sites (N-methyl/N-ethyl adjacent to an activating group) is 1. The van der Waals surface area contributed by atoms with Crippen molar-refractivity contribution in [3.05, 3.63) is 41.2 Å². The summed E-state index contributed by atoms with van der Waals surface area (Å²) < 4.78 is 5.07. The summed E-state index contributed by atoms with van der Waals surface area (Å²) >= 11 is 1.14. The van der Waals surface area contributed by atoms with E-state index in [1.807, 2.05) is 6.07 Å². The highest BCUT2D eigenvalue weighted by atomic mass is 32.1. The Bertz CT molecular complexity index is 662. The molecule has 2 aromatic rings. The highest BCUT2D eigenvalue weighted by Gasteiger charge is 2.14. The van der Waals surface area contributed by atoms with Crippen LogP contribution in [0, 0.1) is 0 Å². The molecule has 0 atom stereocenters. The van der Waals surface area contributed by atoms with Gasteiger partial charge >= 0.3 is 6.09 Å². The molecule has 0 spiro atoms. The number of nitrogens with one attached hydrogen (secondary N) is 1. The number of amides is 2. The van der Waals surface area contributed by atoms with Crippen molar-refractivity contribution in [2.24, 2.45) is 0 Å². The van der Waals surface area contributed by atoms with E-state index in [1.54, 1.807) is 23.8 Å². The van der Waals surface area contributed by atoms with Crippen LogP contribution in [0.25, 0.3) is 0 Å². The summed E-state index contributed by atoms with van der Waals surface area (Å²) in [6.07, 6.45) is 2.76. The highest BCUT2D eigenvalue weighted by molar-refractivity contribution is 7.11. The fraction of sp³-hybridized carbons (Fsp3) is 0.286. The van der Waals surface area contributed by atoms with E-state index in [0.717, 1.165) is 22.0 Å². The number of rotatable bonds is 6. The summed E-state index contributed by atoms with van der Waals surface area (Å²) in [7, 11) is 2.91. The zero-order chi connectivity index (χ0) is 16.7. The molecule has 0 saturated carbocycles. The number of hydrogen-bond acceptors (Lipinski definition) is 7. The second kappa shape index (κ2) is 8.20. The molecule has 8 nitrogen and oxygen atoms in total. The molecule has 0 radical (unpaired) electrons. The number of aromatic nitrogens is 2. The van der Waals surface area contributed by atoms with Gasteiger partial charge in [-0.05, 0) is 11.6 Å². The van der Waals surface area contributed by atoms with Crippen molar-refractivity contribution in [2.75, 3.05) is 14.2 Å². The van der Waals surface area contributed by atoms with E-state index < -0.39 is 6.09 Å². The third kappa shape index (κ3) is 5.31. The average molecular weight is 336 g/mol. The summed E-state index contributed by atoms with van der Waals surface area (Å²) in [5, 5.41) is 5.54. The molecule has 0 bridgehead atoms. The number of nitrogens with zero attached hydrogens (tertiary/aromatic N) is 3. The third-order valence-corrected chi connectivity index (χ3v) is 3.59. The average Bonchev–Trinajstić information content (AvgIpc) is 3.00. The minimum atomic E-state index is -0.616. The van der Waals surface area contributed by atoms with Gasteiger partial charge in [-0.15, -0.1) is 0 Å². The molecule has 2 rings (SSSR count). The number of hydroxylamine groups is 2. The molecular formula is C14H16N4O4S. The molecule has 23 heavy (non-hydrogen) atoms. The van der Waals surface area contributed by atoms with Gasteiger partial charge in [-0.3, -0.25) is 14.6 Å². The smallest absolute Gasteiger partial charge is 0.381 e. The number of ether oxygens (including phenoxy) is 1. The van der Waals surface area contributed by atoms with Gasteiger partial charge in [0.2, 0.25) is 0 Å². The van der Waals surface area contributed by atoms with Gasteiger partial charge in [0, 0.05) is 31.4 Å². The highest BCUT2D eigenvalue weighted by Crippen LogP contribution is 2.19. The molecule has 0 aromatic carbocycles. The number of thiazole rings is 1. The van der Waals surface area contributed by atoms with Gasteiger partial charge in [0.25, 0.3) is 11.1 Å². The molecule has 1 N–H and O–H groups in total. The maximum Gasteiger partial charge on any atom is 0.414 e. The Morgan fingerprint density at radius 3 is 2.96 bits per heavy atom. The van der Waals surface area contributed by atoms with E-state index in [-0.39, 0.29) is 17.5 Å². The quantitative estimate of drug-likeness (QED) is 0.801. The first-order valence-electron chi connectivity index (χ1n) is 6.68. The van der Waals surface area contributed by atoms with E-state index in [0.29, 0.717) is 12.2 Å². The summed E-state index contributed by atoms with van der Waals surface area (Å²) in [4.78, 5) is 36.2. The van der Waals surface area contributed by atoms with Crippen LogP contribution in [-0.4, -0.2) is 41.2 Å². The molecule has 0 fully saturated rings. The molecule has 0 aliphatic carbocycles. The summed E-state index contributed by atoms with van der Waals surface area (Å²) in [6.45, 7) is 0.308. The van der Waals surface area contributed by atoms with Crippen LogP contribution in [0.2, 0.25) is 0 Å². The maximum absolute atomic E-state index is 11.7. The molecule has 0 unspecified atom stereocenters. The number of carbonyl (C=O) groups is 2. The molecule has 0 aliphatic heterocycles. The number of hydrogen-bond donors (Lipinski definition) is 1. The van der Waals surface area contributed by atoms with Crippen LogP contribution >= 0.6 is 11.3 Å². The van der Waals surface area contributed by atoms with Gasteiger partial charge in [-0.1, -0.05) is 17.4 Å². The third-order valence-electron chi connectivity index (χ3n) is 2.83. The summed E-state index contributed by atoms with van der Waals surface area (Å²) in [6, 6.07) is 3.62. The zero-order valence-electron chi connectivity index (χ0n) is 12.7. The lowest BCUT2D eigenvalue weighted by Crippen LogP contribution is -2.27. The Labute approximate surface area is 137 Å². The van der Waals surface area contributed by atoms with Crippen molar-refractivity contribution in [1.29, 1.82) is 0 Å². The van der Waals surface area contributed by atoms with Crippen molar-refractivity contribution in [2.45, 2.75) is 13.0 Å². The minimum absolute atomic E-state index is 0.0709. The number of carbonyl (C=O) groups excluding carboxylic acids is 2. The monoisotopic (exact) mass is 336 g/mol. The van der Waals surface area contributed by atoms with Crippen LogP contribution in [0.4, 0.5) is 4.79 Å². The van der Waals surface area contributed by atoms with Crippen molar-refractivity contribution < 1.29 is 19.2 Å². The Morgan fingerprint density at radius 2 is 2.26 bits per heavy atom. The molecule has 122 valence electrons. The first-order valence-corrected chi connectivity index (χ1v) is 7.56. The second-order valence-corrected chi connectivity index (χ2v) is 5.28. The van der Waals surface area contributed by atoms with Crippen molar-refractivity contribution in [3.63, 3.8) is 0 Å². The summed E-state index contributed by atoms with van der Waals surface area (Å²) in [5.74, 6) is -0.245. The standard InChI is InChI=1S/C14H16N4O4S/c1-18(21-2)12(19)6-11-9-23-14(17-11)22-13(20)16-8-10-4-3-5-15-7-10/h3-5,7,9H,6,8H2,1-2H3,(H,16,20). The Balaban J connectivity index is 1.81. The van der Waals surface area contributed by atoms with Crippen LogP contribution < -0.4 is 10.1 Å². The van der Waals surface area contributed by atoms with Crippen LogP contribution in [0.1, 0.15) is 11.3 Å². The number of pyridine rings is 1. The van der Waals surface area contributed by atoms with E-state index >= 15 is 0 Å². The van der Waals surface area contributed by atoms with Gasteiger partial charge in [0.05, 0.1) is 19.2 Å². The summed E-state index contributed by atoms with van der Waals surface area (Å²) in [5.41, 5.74) is 1.37. The SMILES string of the molecule is CON(C)C(=O)Cc1csc(OC(=O)NCc2cccnc2)n1. The van der Waals surface area contributed by atoms with Gasteiger partial charge in [0.1, 0.15) is 0 Å². The van der Waals surface area contributed by atoms with Gasteiger partial charge in [-0.2, -0.15) is 0 Å². The van der Waals surface area contributed by atoms with E-state index in [1.165, 1.54) is 14.2 Å². The molecule has 9 heteroatoms. The van der Waals surface area contributed by atoms with Crippen LogP contribution in [0.5, 0.6) is 5.19 Å². The Hall–Kier alpha value is -2.52. The Morgan fingerprint density at radius 1 is 1.43 bits per heavy atom. The molecule has 0 saturated heterocycles. The second-order valence-electron chi connectivity index (χ2n) is 4.46. The largest absolute Gasteiger partial charge is 0.414 e. The first kappa shape index (κ1) is 16.8. The lowest BCUT2D eigenvalue weighted by Gasteiger charge is -2.12. The van der Waals surface area contributed by atoms with Crippen molar-refractivity contribution in [1.82, 2.24) is 20.3 Å². The molecule has 2 heterocycles. The van der Waals surface area contributed by atoms with Crippen LogP contribution in [-0.2, 0) is 22.6 Å². The fourth-order valence-electron chi connectivity index (χ4n) is 1.58. The molecule has 0 aliphatic rings. The van der Waals surface area contributed by atoms with Crippen molar-refractivity contribution >= 4 is 23.3 Å². The fourth-order valence-corrected chi connectivity index (χ4v) is 2.24. The lowest BCUT2D eigenvalue weighted by molar-refractivity contribution is -0.167. The van der Waals surface area contributed by atoms with Crippen molar-refractivity contribution in [3.8, 4) is 5.19 Å². The lowest BCUT2D eigenvalue weighted by atomic mass is 10.3. The minimum Gasteiger partial charge on any atom is -0.381 e. The van der Waals surface area contributed by atoms with Crippen LogP contribution in [0.15, 0.2) is 29.9 Å².